The number of alkyl carbamates (subject to hydrolysis) is 1. The van der Waals surface area contributed by atoms with Crippen LogP contribution in [0.25, 0.3) is 0 Å². The molecule has 1 heterocycles. The van der Waals surface area contributed by atoms with Gasteiger partial charge in [0.1, 0.15) is 23.2 Å². The zero-order valence-electron chi connectivity index (χ0n) is 19.3. The summed E-state index contributed by atoms with van der Waals surface area (Å²) < 4.78 is 10.0. The lowest BCUT2D eigenvalue weighted by atomic mass is 9.94. The first-order valence-electron chi connectivity index (χ1n) is 10.2. The highest BCUT2D eigenvalue weighted by Crippen LogP contribution is 2.20. The smallest absolute Gasteiger partial charge is 0.408 e. The van der Waals surface area contributed by atoms with Crippen LogP contribution in [-0.2, 0) is 23.9 Å². The Balaban J connectivity index is 2.77. The van der Waals surface area contributed by atoms with Gasteiger partial charge in [-0.05, 0) is 53.4 Å². The van der Waals surface area contributed by atoms with E-state index in [1.807, 2.05) is 0 Å². The van der Waals surface area contributed by atoms with Crippen molar-refractivity contribution in [1.29, 1.82) is 0 Å². The van der Waals surface area contributed by atoms with Gasteiger partial charge in [0.2, 0.25) is 5.91 Å². The van der Waals surface area contributed by atoms with E-state index in [0.717, 1.165) is 0 Å². The molecule has 0 aromatic rings. The van der Waals surface area contributed by atoms with Gasteiger partial charge in [-0.1, -0.05) is 13.8 Å². The van der Waals surface area contributed by atoms with E-state index in [2.05, 4.69) is 16.1 Å². The second-order valence-electron chi connectivity index (χ2n) is 9.13. The molecular formula is C20H36N4O6. The third-order valence-electron chi connectivity index (χ3n) is 4.69. The maximum atomic E-state index is 12.8. The van der Waals surface area contributed by atoms with Gasteiger partial charge in [-0.2, -0.15) is 0 Å². The number of carbonyl (C=O) groups excluding carboxylic acids is 4. The van der Waals surface area contributed by atoms with E-state index in [4.69, 9.17) is 9.47 Å². The summed E-state index contributed by atoms with van der Waals surface area (Å²) in [4.78, 5) is 49.6. The van der Waals surface area contributed by atoms with Gasteiger partial charge in [-0.15, -0.1) is 0 Å². The van der Waals surface area contributed by atoms with Crippen LogP contribution in [0.2, 0.25) is 0 Å². The number of nitrogens with one attached hydrogen (secondary N) is 3. The van der Waals surface area contributed by atoms with Crippen molar-refractivity contribution in [2.24, 2.45) is 5.92 Å². The molecule has 1 aliphatic heterocycles. The summed E-state index contributed by atoms with van der Waals surface area (Å²) in [5, 5.41) is 6.53. The monoisotopic (exact) mass is 428 g/mol. The number of hydrogen-bond acceptors (Lipinski definition) is 7. The molecule has 3 unspecified atom stereocenters. The summed E-state index contributed by atoms with van der Waals surface area (Å²) in [6.07, 6.45) is 0.432. The molecule has 1 fully saturated rings. The number of carbonyl (C=O) groups is 4. The van der Waals surface area contributed by atoms with E-state index in [0.29, 0.717) is 19.4 Å². The van der Waals surface area contributed by atoms with Crippen LogP contribution in [0, 0.1) is 5.92 Å². The molecule has 3 amide bonds. The molecule has 0 aromatic carbocycles. The Hall–Kier alpha value is -2.36. The Bertz CT molecular complexity index is 660. The summed E-state index contributed by atoms with van der Waals surface area (Å²) in [6, 6.07) is -1.74. The van der Waals surface area contributed by atoms with Gasteiger partial charge in [-0.3, -0.25) is 19.4 Å². The van der Waals surface area contributed by atoms with Gasteiger partial charge in [0.15, 0.2) is 0 Å². The molecule has 0 bridgehead atoms. The number of nitrogens with zero attached hydrogens (tertiary/aromatic N) is 1. The van der Waals surface area contributed by atoms with Crippen molar-refractivity contribution in [1.82, 2.24) is 21.1 Å². The topological polar surface area (TPSA) is 126 Å². The number of hydrogen-bond donors (Lipinski definition) is 3. The van der Waals surface area contributed by atoms with Crippen LogP contribution in [0.3, 0.4) is 0 Å². The fraction of sp³-hybridized carbons (Fsp3) is 0.800. The summed E-state index contributed by atoms with van der Waals surface area (Å²) in [7, 11) is 1.29. The lowest BCUT2D eigenvalue weighted by molar-refractivity contribution is -0.157. The lowest BCUT2D eigenvalue weighted by Gasteiger charge is -2.40. The molecule has 1 aliphatic rings. The predicted molar refractivity (Wildman–Crippen MR) is 110 cm³/mol. The standard InChI is InChI=1S/C20H36N4O6/c1-12(2)14(22-18(28)30-19(4,5)6)15(25)21-13(3)16(26)24-11-9-10-20(7,23-24)17(27)29-8/h12-14,23H,9-11H2,1-8H3,(H,21,25)(H,22,28). The third-order valence-corrected chi connectivity index (χ3v) is 4.69. The largest absolute Gasteiger partial charge is 0.468 e. The molecule has 0 radical (unpaired) electrons. The Kier molecular flexibility index (Phi) is 8.64. The molecule has 1 rings (SSSR count). The van der Waals surface area contributed by atoms with Crippen molar-refractivity contribution < 1.29 is 28.7 Å². The highest BCUT2D eigenvalue weighted by molar-refractivity contribution is 5.91. The quantitative estimate of drug-likeness (QED) is 0.541. The van der Waals surface area contributed by atoms with Crippen molar-refractivity contribution in [3.63, 3.8) is 0 Å². The Morgan fingerprint density at radius 3 is 2.20 bits per heavy atom. The number of esters is 1. The first kappa shape index (κ1) is 25.7. The molecule has 3 atom stereocenters. The highest BCUT2D eigenvalue weighted by Gasteiger charge is 2.41. The van der Waals surface area contributed by atoms with Crippen LogP contribution in [0.5, 0.6) is 0 Å². The average molecular weight is 429 g/mol. The summed E-state index contributed by atoms with van der Waals surface area (Å²) in [5.74, 6) is -1.57. The number of ether oxygens (including phenoxy) is 2. The summed E-state index contributed by atoms with van der Waals surface area (Å²) >= 11 is 0. The maximum Gasteiger partial charge on any atom is 0.408 e. The van der Waals surface area contributed by atoms with Crippen LogP contribution < -0.4 is 16.1 Å². The maximum absolute atomic E-state index is 12.8. The lowest BCUT2D eigenvalue weighted by Crippen LogP contribution is -2.65. The van der Waals surface area contributed by atoms with Gasteiger partial charge in [0, 0.05) is 6.54 Å². The van der Waals surface area contributed by atoms with E-state index in [1.165, 1.54) is 12.1 Å². The van der Waals surface area contributed by atoms with Crippen LogP contribution in [0.15, 0.2) is 0 Å². The molecule has 10 heteroatoms. The molecule has 30 heavy (non-hydrogen) atoms. The Morgan fingerprint density at radius 2 is 1.70 bits per heavy atom. The Morgan fingerprint density at radius 1 is 1.10 bits per heavy atom. The first-order chi connectivity index (χ1) is 13.7. The zero-order chi connectivity index (χ0) is 23.3. The Labute approximate surface area is 178 Å². The average Bonchev–Trinajstić information content (AvgIpc) is 2.62. The molecule has 0 aliphatic carbocycles. The highest BCUT2D eigenvalue weighted by atomic mass is 16.6. The second kappa shape index (κ2) is 10.1. The van der Waals surface area contributed by atoms with Crippen molar-refractivity contribution in [3.8, 4) is 0 Å². The fourth-order valence-corrected chi connectivity index (χ4v) is 3.11. The molecule has 0 aromatic heterocycles. The van der Waals surface area contributed by atoms with E-state index in [9.17, 15) is 19.2 Å². The third kappa shape index (κ3) is 7.16. The van der Waals surface area contributed by atoms with Gasteiger partial charge in [-0.25, -0.2) is 10.2 Å². The zero-order valence-corrected chi connectivity index (χ0v) is 19.3. The van der Waals surface area contributed by atoms with Crippen molar-refractivity contribution >= 4 is 23.9 Å². The first-order valence-corrected chi connectivity index (χ1v) is 10.2. The summed E-state index contributed by atoms with van der Waals surface area (Å²) in [6.45, 7) is 12.4. The van der Waals surface area contributed by atoms with E-state index >= 15 is 0 Å². The molecule has 0 spiro atoms. The van der Waals surface area contributed by atoms with E-state index < -0.39 is 47.1 Å². The molecule has 10 nitrogen and oxygen atoms in total. The normalized spacial score (nSPS) is 21.4. The van der Waals surface area contributed by atoms with Gasteiger partial charge >= 0.3 is 12.1 Å². The predicted octanol–water partition coefficient (Wildman–Crippen LogP) is 1.10. The number of hydrazine groups is 1. The van der Waals surface area contributed by atoms with Gasteiger partial charge in [0.05, 0.1) is 7.11 Å². The molecule has 0 saturated carbocycles. The van der Waals surface area contributed by atoms with E-state index in [1.54, 1.807) is 48.5 Å². The molecule has 172 valence electrons. The SMILES string of the molecule is COC(=O)C1(C)CCCN(C(=O)C(C)NC(=O)C(NC(=O)OC(C)(C)C)C(C)C)N1. The fourth-order valence-electron chi connectivity index (χ4n) is 3.11. The van der Waals surface area contributed by atoms with Crippen LogP contribution in [0.4, 0.5) is 4.79 Å². The minimum Gasteiger partial charge on any atom is -0.468 e. The van der Waals surface area contributed by atoms with Crippen LogP contribution in [-0.4, -0.2) is 65.8 Å². The summed E-state index contributed by atoms with van der Waals surface area (Å²) in [5.41, 5.74) is 1.21. The van der Waals surface area contributed by atoms with Gasteiger partial charge in [0.25, 0.3) is 5.91 Å². The van der Waals surface area contributed by atoms with Crippen molar-refractivity contribution in [3.05, 3.63) is 0 Å². The number of amides is 3. The van der Waals surface area contributed by atoms with Crippen molar-refractivity contribution in [2.75, 3.05) is 13.7 Å². The molecule has 1 saturated heterocycles. The van der Waals surface area contributed by atoms with Crippen LogP contribution >= 0.6 is 0 Å². The van der Waals surface area contributed by atoms with E-state index in [-0.39, 0.29) is 5.92 Å². The van der Waals surface area contributed by atoms with Gasteiger partial charge < -0.3 is 20.1 Å². The van der Waals surface area contributed by atoms with Crippen LogP contribution in [0.1, 0.15) is 61.3 Å². The molecule has 3 N–H and O–H groups in total. The number of rotatable bonds is 6. The number of methoxy groups -OCH3 is 1. The van der Waals surface area contributed by atoms with Crippen molar-refractivity contribution in [2.45, 2.75) is 84.5 Å². The minimum absolute atomic E-state index is 0.226. The molecular weight excluding hydrogens is 392 g/mol. The minimum atomic E-state index is -1.01. The second-order valence-corrected chi connectivity index (χ2v) is 9.13.